The van der Waals surface area contributed by atoms with Gasteiger partial charge in [-0.2, -0.15) is 0 Å². The van der Waals surface area contributed by atoms with Crippen molar-refractivity contribution >= 4 is 17.4 Å². The number of thioether (sulfide) groups is 1. The third kappa shape index (κ3) is 8.02. The Kier molecular flexibility index (Phi) is 8.04. The molecule has 0 bridgehead atoms. The van der Waals surface area contributed by atoms with Crippen molar-refractivity contribution < 1.29 is 4.79 Å². The molecular weight excluding hydrogens is 132 g/mol. The van der Waals surface area contributed by atoms with Crippen LogP contribution in [0.5, 0.6) is 0 Å². The van der Waals surface area contributed by atoms with Gasteiger partial charge in [-0.15, -0.1) is 0 Å². The predicted molar refractivity (Wildman–Crippen MR) is 43.4 cm³/mol. The average molecular weight is 146 g/mol. The number of hydrogen-bond acceptors (Lipinski definition) is 2. The molecule has 0 radical (unpaired) electrons. The van der Waals surface area contributed by atoms with Crippen LogP contribution < -0.4 is 0 Å². The molecule has 0 aromatic carbocycles. The molecule has 0 saturated heterocycles. The zero-order valence-corrected chi connectivity index (χ0v) is 6.75. The minimum atomic E-state index is 0.923. The Bertz CT molecular complexity index is 63.9. The fourth-order valence-electron chi connectivity index (χ4n) is 0.660. The quantitative estimate of drug-likeness (QED) is 0.423. The molecular formula is C7H14OS. The molecule has 1 nitrogen and oxygen atoms in total. The second-order valence-electron chi connectivity index (χ2n) is 2.03. The number of hydrogen-bond donors (Lipinski definition) is 0. The second-order valence-corrected chi connectivity index (χ2v) is 2.96. The van der Waals surface area contributed by atoms with Crippen molar-refractivity contribution in [3.63, 3.8) is 0 Å². The van der Waals surface area contributed by atoms with Gasteiger partial charge in [-0.25, -0.2) is 0 Å². The van der Waals surface area contributed by atoms with Crippen LogP contribution >= 0.6 is 11.8 Å². The van der Waals surface area contributed by atoms with Gasteiger partial charge in [0.15, 0.2) is 5.62 Å². The highest BCUT2D eigenvalue weighted by atomic mass is 32.2. The van der Waals surface area contributed by atoms with E-state index >= 15 is 0 Å². The summed E-state index contributed by atoms with van der Waals surface area (Å²) in [5.74, 6) is 1.00. The normalized spacial score (nSPS) is 9.44. The lowest BCUT2D eigenvalue weighted by atomic mass is 10.2. The van der Waals surface area contributed by atoms with Crippen molar-refractivity contribution in [2.45, 2.75) is 32.6 Å². The molecule has 0 spiro atoms. The monoisotopic (exact) mass is 146 g/mol. The lowest BCUT2D eigenvalue weighted by Crippen LogP contribution is -1.79. The van der Waals surface area contributed by atoms with Gasteiger partial charge >= 0.3 is 0 Å². The predicted octanol–water partition coefficient (Wildman–Crippen LogP) is 2.49. The third-order valence-corrected chi connectivity index (χ3v) is 1.84. The Hall–Kier alpha value is 0.0200. The Morgan fingerprint density at radius 2 is 2.11 bits per heavy atom. The van der Waals surface area contributed by atoms with Gasteiger partial charge in [0.1, 0.15) is 0 Å². The van der Waals surface area contributed by atoms with E-state index in [1.54, 1.807) is 0 Å². The van der Waals surface area contributed by atoms with E-state index < -0.39 is 0 Å². The zero-order chi connectivity index (χ0) is 6.95. The lowest BCUT2D eigenvalue weighted by molar-refractivity contribution is 0.570. The molecule has 0 atom stereocenters. The standard InChI is InChI=1S/C7H14OS/c1-2-3-4-5-6-9-7-8/h7H,2-6H2,1H3. The van der Waals surface area contributed by atoms with E-state index in [4.69, 9.17) is 0 Å². The summed E-state index contributed by atoms with van der Waals surface area (Å²) in [6.07, 6.45) is 5.04. The summed E-state index contributed by atoms with van der Waals surface area (Å²) in [5, 5.41) is 0. The van der Waals surface area contributed by atoms with E-state index in [-0.39, 0.29) is 0 Å². The van der Waals surface area contributed by atoms with Crippen LogP contribution in [0.4, 0.5) is 0 Å². The van der Waals surface area contributed by atoms with Crippen LogP contribution in [0.25, 0.3) is 0 Å². The molecule has 54 valence electrons. The number of unbranched alkanes of at least 4 members (excludes halogenated alkanes) is 3. The smallest absolute Gasteiger partial charge is 0.176 e. The van der Waals surface area contributed by atoms with Crippen molar-refractivity contribution in [2.24, 2.45) is 0 Å². The van der Waals surface area contributed by atoms with Crippen LogP contribution in [0.15, 0.2) is 0 Å². The van der Waals surface area contributed by atoms with Crippen LogP contribution in [0, 0.1) is 0 Å². The lowest BCUT2D eigenvalue weighted by Gasteiger charge is -1.93. The van der Waals surface area contributed by atoms with E-state index in [1.165, 1.54) is 37.4 Å². The third-order valence-electron chi connectivity index (χ3n) is 1.18. The Morgan fingerprint density at radius 3 is 2.67 bits per heavy atom. The highest BCUT2D eigenvalue weighted by Crippen LogP contribution is 2.03. The highest BCUT2D eigenvalue weighted by Gasteiger charge is 1.86. The molecule has 0 amide bonds. The Labute approximate surface area is 61.2 Å². The molecule has 0 saturated carbocycles. The fraction of sp³-hybridized carbons (Fsp3) is 0.857. The van der Waals surface area contributed by atoms with Crippen molar-refractivity contribution in [1.82, 2.24) is 0 Å². The maximum atomic E-state index is 9.80. The molecule has 0 rings (SSSR count). The van der Waals surface area contributed by atoms with Crippen LogP contribution in [-0.2, 0) is 4.79 Å². The minimum Gasteiger partial charge on any atom is -0.291 e. The van der Waals surface area contributed by atoms with Crippen molar-refractivity contribution in [3.05, 3.63) is 0 Å². The van der Waals surface area contributed by atoms with E-state index in [0.29, 0.717) is 0 Å². The summed E-state index contributed by atoms with van der Waals surface area (Å²) < 4.78 is 0. The number of rotatable bonds is 6. The molecule has 2 heteroatoms. The molecule has 0 heterocycles. The summed E-state index contributed by atoms with van der Waals surface area (Å²) in [7, 11) is 0. The zero-order valence-electron chi connectivity index (χ0n) is 5.93. The first kappa shape index (κ1) is 9.02. The first-order chi connectivity index (χ1) is 4.41. The van der Waals surface area contributed by atoms with Gasteiger partial charge in [-0.1, -0.05) is 37.9 Å². The average Bonchev–Trinajstić information content (AvgIpc) is 1.89. The van der Waals surface area contributed by atoms with Gasteiger partial charge in [-0.3, -0.25) is 4.79 Å². The van der Waals surface area contributed by atoms with Crippen molar-refractivity contribution in [2.75, 3.05) is 5.75 Å². The number of carbonyl (C=O) groups is 1. The number of carbonyl (C=O) groups excluding carboxylic acids is 1. The van der Waals surface area contributed by atoms with E-state index in [1.807, 2.05) is 0 Å². The Balaban J connectivity index is 2.66. The fourth-order valence-corrected chi connectivity index (χ4v) is 1.13. The molecule has 0 aliphatic carbocycles. The van der Waals surface area contributed by atoms with Crippen LogP contribution in [0.1, 0.15) is 32.6 Å². The Morgan fingerprint density at radius 1 is 1.33 bits per heavy atom. The molecule has 0 fully saturated rings. The topological polar surface area (TPSA) is 17.1 Å². The van der Waals surface area contributed by atoms with Gasteiger partial charge < -0.3 is 0 Å². The molecule has 0 aromatic heterocycles. The van der Waals surface area contributed by atoms with Crippen molar-refractivity contribution in [1.29, 1.82) is 0 Å². The molecule has 0 aromatic rings. The van der Waals surface area contributed by atoms with Crippen molar-refractivity contribution in [3.8, 4) is 0 Å². The minimum absolute atomic E-state index is 0.923. The summed E-state index contributed by atoms with van der Waals surface area (Å²) in [5.41, 5.74) is 0.923. The second kappa shape index (κ2) is 8.02. The summed E-state index contributed by atoms with van der Waals surface area (Å²) in [6, 6.07) is 0. The maximum absolute atomic E-state index is 9.80. The van der Waals surface area contributed by atoms with Gasteiger partial charge in [-0.05, 0) is 6.42 Å². The van der Waals surface area contributed by atoms with Gasteiger partial charge in [0, 0.05) is 5.75 Å². The van der Waals surface area contributed by atoms with Gasteiger partial charge in [0.25, 0.3) is 0 Å². The molecule has 0 aliphatic rings. The van der Waals surface area contributed by atoms with E-state index in [0.717, 1.165) is 11.4 Å². The summed E-state index contributed by atoms with van der Waals surface area (Å²) >= 11 is 1.38. The van der Waals surface area contributed by atoms with Crippen LogP contribution in [0.2, 0.25) is 0 Å². The van der Waals surface area contributed by atoms with Gasteiger partial charge in [0.05, 0.1) is 0 Å². The summed E-state index contributed by atoms with van der Waals surface area (Å²) in [4.78, 5) is 9.80. The largest absolute Gasteiger partial charge is 0.291 e. The first-order valence-corrected chi connectivity index (χ1v) is 4.52. The highest BCUT2D eigenvalue weighted by molar-refractivity contribution is 8.11. The van der Waals surface area contributed by atoms with Crippen LogP contribution in [-0.4, -0.2) is 11.4 Å². The molecule has 0 unspecified atom stereocenters. The summed E-state index contributed by atoms with van der Waals surface area (Å²) in [6.45, 7) is 2.19. The molecule has 9 heavy (non-hydrogen) atoms. The molecule has 0 N–H and O–H groups in total. The van der Waals surface area contributed by atoms with E-state index in [9.17, 15) is 4.79 Å². The maximum Gasteiger partial charge on any atom is 0.176 e. The SMILES string of the molecule is CCCCCCSC=O. The van der Waals surface area contributed by atoms with Gasteiger partial charge in [0.2, 0.25) is 0 Å². The molecule has 0 aliphatic heterocycles. The van der Waals surface area contributed by atoms with Crippen LogP contribution in [0.3, 0.4) is 0 Å². The van der Waals surface area contributed by atoms with E-state index in [2.05, 4.69) is 6.92 Å². The first-order valence-electron chi connectivity index (χ1n) is 3.47.